The summed E-state index contributed by atoms with van der Waals surface area (Å²) in [7, 11) is -1.04. The zero-order chi connectivity index (χ0) is 24.3. The molecule has 0 unspecified atom stereocenters. The average molecular weight is 486 g/mol. The fourth-order valence-corrected chi connectivity index (χ4v) is 5.90. The Balaban J connectivity index is 1.59. The van der Waals surface area contributed by atoms with Gasteiger partial charge in [-0.15, -0.1) is 0 Å². The molecule has 180 valence electrons. The van der Waals surface area contributed by atoms with E-state index in [9.17, 15) is 18.0 Å². The molecule has 1 aliphatic rings. The Labute approximate surface area is 198 Å². The van der Waals surface area contributed by atoms with Gasteiger partial charge in [-0.2, -0.15) is 4.31 Å². The number of aromatic nitrogens is 1. The third-order valence-electron chi connectivity index (χ3n) is 5.89. The van der Waals surface area contributed by atoms with Crippen molar-refractivity contribution in [3.8, 4) is 5.75 Å². The molecule has 2 heterocycles. The van der Waals surface area contributed by atoms with E-state index in [1.165, 1.54) is 30.7 Å². The van der Waals surface area contributed by atoms with Gasteiger partial charge in [0.05, 0.1) is 19.8 Å². The highest BCUT2D eigenvalue weighted by atomic mass is 32.2. The van der Waals surface area contributed by atoms with Gasteiger partial charge < -0.3 is 19.4 Å². The van der Waals surface area contributed by atoms with Crippen molar-refractivity contribution < 1.29 is 27.5 Å². The molecule has 1 aliphatic heterocycles. The number of nitrogens with one attached hydrogen (secondary N) is 1. The number of hydrogen-bond acceptors (Lipinski definition) is 6. The molecule has 1 fully saturated rings. The molecule has 0 bridgehead atoms. The van der Waals surface area contributed by atoms with E-state index in [0.717, 1.165) is 19.3 Å². The molecule has 10 heteroatoms. The highest BCUT2D eigenvalue weighted by Crippen LogP contribution is 2.31. The Morgan fingerprint density at radius 1 is 1.03 bits per heavy atom. The van der Waals surface area contributed by atoms with Crippen molar-refractivity contribution in [1.82, 2.24) is 8.87 Å². The predicted molar refractivity (Wildman–Crippen MR) is 128 cm³/mol. The third-order valence-corrected chi connectivity index (χ3v) is 7.81. The highest BCUT2D eigenvalue weighted by Gasteiger charge is 2.29. The van der Waals surface area contributed by atoms with Crippen molar-refractivity contribution in [2.45, 2.75) is 30.7 Å². The van der Waals surface area contributed by atoms with Gasteiger partial charge in [0, 0.05) is 35.9 Å². The van der Waals surface area contributed by atoms with Gasteiger partial charge >= 0.3 is 5.97 Å². The maximum Gasteiger partial charge on any atom is 0.340 e. The summed E-state index contributed by atoms with van der Waals surface area (Å²) in [5.41, 5.74) is 1.41. The molecule has 1 amide bonds. The van der Waals surface area contributed by atoms with Crippen molar-refractivity contribution in [2.24, 2.45) is 0 Å². The monoisotopic (exact) mass is 485 g/mol. The van der Waals surface area contributed by atoms with Crippen LogP contribution in [-0.2, 0) is 26.1 Å². The maximum atomic E-state index is 13.2. The molecule has 2 aromatic carbocycles. The van der Waals surface area contributed by atoms with Crippen LogP contribution < -0.4 is 10.1 Å². The second-order valence-electron chi connectivity index (χ2n) is 8.06. The Morgan fingerprint density at radius 3 is 2.47 bits per heavy atom. The number of rotatable bonds is 7. The molecular weight excluding hydrogens is 458 g/mol. The van der Waals surface area contributed by atoms with Crippen molar-refractivity contribution in [2.75, 3.05) is 32.6 Å². The fourth-order valence-electron chi connectivity index (χ4n) is 4.21. The van der Waals surface area contributed by atoms with E-state index in [1.54, 1.807) is 29.0 Å². The van der Waals surface area contributed by atoms with Crippen LogP contribution in [0.1, 0.15) is 29.6 Å². The largest absolute Gasteiger partial charge is 0.495 e. The van der Waals surface area contributed by atoms with Crippen LogP contribution in [0.5, 0.6) is 5.75 Å². The summed E-state index contributed by atoms with van der Waals surface area (Å²) in [5, 5.41) is 3.44. The number of hydrogen-bond donors (Lipinski definition) is 1. The molecule has 0 radical (unpaired) electrons. The van der Waals surface area contributed by atoms with Gasteiger partial charge in [-0.05, 0) is 37.1 Å². The number of methoxy groups -OCH3 is 2. The van der Waals surface area contributed by atoms with E-state index in [0.29, 0.717) is 35.2 Å². The van der Waals surface area contributed by atoms with Crippen molar-refractivity contribution in [3.05, 3.63) is 54.2 Å². The summed E-state index contributed by atoms with van der Waals surface area (Å²) in [6.45, 7) is 0.856. The van der Waals surface area contributed by atoms with Gasteiger partial charge in [0.1, 0.15) is 17.2 Å². The van der Waals surface area contributed by atoms with Crippen LogP contribution in [0.4, 0.5) is 5.69 Å². The lowest BCUT2D eigenvalue weighted by Gasteiger charge is -2.26. The lowest BCUT2D eigenvalue weighted by molar-refractivity contribution is -0.116. The van der Waals surface area contributed by atoms with E-state index in [1.807, 2.05) is 12.1 Å². The quantitative estimate of drug-likeness (QED) is 0.515. The number of carbonyl (C=O) groups is 2. The van der Waals surface area contributed by atoms with E-state index in [2.05, 4.69) is 5.32 Å². The van der Waals surface area contributed by atoms with Crippen molar-refractivity contribution in [3.63, 3.8) is 0 Å². The number of nitrogens with zero attached hydrogens (tertiary/aromatic N) is 2. The van der Waals surface area contributed by atoms with Crippen LogP contribution >= 0.6 is 0 Å². The van der Waals surface area contributed by atoms with Gasteiger partial charge in [0.2, 0.25) is 15.9 Å². The van der Waals surface area contributed by atoms with Crippen LogP contribution in [-0.4, -0.2) is 56.5 Å². The molecule has 1 saturated heterocycles. The highest BCUT2D eigenvalue weighted by molar-refractivity contribution is 7.89. The molecule has 4 rings (SSSR count). The summed E-state index contributed by atoms with van der Waals surface area (Å²) in [6.07, 6.45) is 4.22. The summed E-state index contributed by atoms with van der Waals surface area (Å²) in [6, 6.07) is 11.8. The molecule has 0 aliphatic carbocycles. The topological polar surface area (TPSA) is 107 Å². The van der Waals surface area contributed by atoms with E-state index >= 15 is 0 Å². The first kappa shape index (κ1) is 23.8. The van der Waals surface area contributed by atoms with Crippen LogP contribution in [0.2, 0.25) is 0 Å². The second kappa shape index (κ2) is 9.86. The first-order valence-corrected chi connectivity index (χ1v) is 12.4. The van der Waals surface area contributed by atoms with Crippen LogP contribution in [0, 0.1) is 0 Å². The van der Waals surface area contributed by atoms with Crippen molar-refractivity contribution in [1.29, 1.82) is 0 Å². The second-order valence-corrected chi connectivity index (χ2v) is 9.96. The van der Waals surface area contributed by atoms with Crippen molar-refractivity contribution >= 4 is 38.5 Å². The first-order valence-electron chi connectivity index (χ1n) is 11.0. The number of amides is 1. The lowest BCUT2D eigenvalue weighted by Crippen LogP contribution is -2.35. The Kier molecular flexibility index (Phi) is 6.90. The van der Waals surface area contributed by atoms with Crippen LogP contribution in [0.15, 0.2) is 53.6 Å². The Morgan fingerprint density at radius 2 is 1.76 bits per heavy atom. The van der Waals surface area contributed by atoms with Gasteiger partial charge in [0.15, 0.2) is 0 Å². The number of carbonyl (C=O) groups excluding carboxylic acids is 2. The van der Waals surface area contributed by atoms with Gasteiger partial charge in [-0.25, -0.2) is 13.2 Å². The minimum atomic E-state index is -3.76. The molecule has 9 nitrogen and oxygen atoms in total. The molecule has 0 saturated carbocycles. The van der Waals surface area contributed by atoms with E-state index in [-0.39, 0.29) is 23.1 Å². The normalized spacial score (nSPS) is 14.6. The van der Waals surface area contributed by atoms with Gasteiger partial charge in [-0.3, -0.25) is 4.79 Å². The number of anilines is 1. The number of benzene rings is 2. The number of para-hydroxylation sites is 1. The fraction of sp³-hybridized carbons (Fsp3) is 0.333. The molecule has 34 heavy (non-hydrogen) atoms. The minimum absolute atomic E-state index is 0.0223. The molecular formula is C24H27N3O6S. The zero-order valence-electron chi connectivity index (χ0n) is 19.1. The smallest absolute Gasteiger partial charge is 0.340 e. The molecule has 1 N–H and O–H groups in total. The van der Waals surface area contributed by atoms with E-state index in [4.69, 9.17) is 9.47 Å². The zero-order valence-corrected chi connectivity index (χ0v) is 19.9. The standard InChI is InChI=1S/C24H27N3O6S/c1-32-21-11-10-17(14-22(21)34(30,31)27-12-6-3-7-13-27)25-23(28)16-26-15-19(24(29)33-2)18-8-4-5-9-20(18)26/h4-5,8-11,14-15H,3,6-7,12-13,16H2,1-2H3,(H,25,28). The number of esters is 1. The predicted octanol–water partition coefficient (Wildman–Crippen LogP) is 3.25. The lowest BCUT2D eigenvalue weighted by atomic mass is 10.2. The molecule has 0 spiro atoms. The number of sulfonamides is 1. The molecule has 1 aromatic heterocycles. The number of fused-ring (bicyclic) bond motifs is 1. The summed E-state index contributed by atoms with van der Waals surface area (Å²) >= 11 is 0. The summed E-state index contributed by atoms with van der Waals surface area (Å²) < 4.78 is 39.7. The first-order chi connectivity index (χ1) is 16.3. The van der Waals surface area contributed by atoms with Crippen LogP contribution in [0.25, 0.3) is 10.9 Å². The average Bonchev–Trinajstić information content (AvgIpc) is 3.22. The van der Waals surface area contributed by atoms with E-state index < -0.39 is 16.0 Å². The number of piperidine rings is 1. The minimum Gasteiger partial charge on any atom is -0.495 e. The summed E-state index contributed by atoms with van der Waals surface area (Å²) in [5.74, 6) is -0.635. The molecule has 3 aromatic rings. The Bertz CT molecular complexity index is 1330. The van der Waals surface area contributed by atoms with Crippen LogP contribution in [0.3, 0.4) is 0 Å². The van der Waals surface area contributed by atoms with Gasteiger partial charge in [0.25, 0.3) is 0 Å². The third kappa shape index (κ3) is 4.64. The number of ether oxygens (including phenoxy) is 2. The summed E-state index contributed by atoms with van der Waals surface area (Å²) in [4.78, 5) is 25.0. The maximum absolute atomic E-state index is 13.2. The van der Waals surface area contributed by atoms with Gasteiger partial charge in [-0.1, -0.05) is 24.6 Å². The molecule has 0 atom stereocenters. The SMILES string of the molecule is COC(=O)c1cn(CC(=O)Nc2ccc(OC)c(S(=O)(=O)N3CCCCC3)c2)c2ccccc12. The Hall–Kier alpha value is -3.37.